The fraction of sp³-hybridized carbons (Fsp3) is 0.167. The summed E-state index contributed by atoms with van der Waals surface area (Å²) in [6.45, 7) is 1.79. The standard InChI is InChI=1S/C12H13N5O2S/c1-7-5-9(13)16-12(15-7)20-6-10(18)17-11(19)8-3-2-4-14-8/h2-5,14H,6H2,1H3,(H2,13,15,16)(H,17,18,19). The molecule has 0 saturated carbocycles. The molecule has 4 N–H and O–H groups in total. The fourth-order valence-electron chi connectivity index (χ4n) is 1.46. The van der Waals surface area contributed by atoms with Crippen molar-refractivity contribution in [2.45, 2.75) is 12.1 Å². The monoisotopic (exact) mass is 291 g/mol. The number of H-pyrrole nitrogens is 1. The van der Waals surface area contributed by atoms with Crippen LogP contribution >= 0.6 is 11.8 Å². The number of aromatic nitrogens is 3. The summed E-state index contributed by atoms with van der Waals surface area (Å²) in [4.78, 5) is 34.1. The van der Waals surface area contributed by atoms with Gasteiger partial charge in [0.15, 0.2) is 5.16 Å². The molecule has 0 aliphatic rings. The van der Waals surface area contributed by atoms with Crippen molar-refractivity contribution in [3.8, 4) is 0 Å². The van der Waals surface area contributed by atoms with Gasteiger partial charge in [0, 0.05) is 18.0 Å². The van der Waals surface area contributed by atoms with E-state index in [-0.39, 0.29) is 5.75 Å². The highest BCUT2D eigenvalue weighted by atomic mass is 32.2. The second-order valence-corrected chi connectivity index (χ2v) is 4.91. The molecule has 0 aliphatic heterocycles. The summed E-state index contributed by atoms with van der Waals surface area (Å²) in [6, 6.07) is 4.90. The minimum absolute atomic E-state index is 0.0370. The summed E-state index contributed by atoms with van der Waals surface area (Å²) in [7, 11) is 0. The zero-order valence-corrected chi connectivity index (χ0v) is 11.5. The molecule has 8 heteroatoms. The number of carbonyl (C=O) groups is 2. The average Bonchev–Trinajstić information content (AvgIpc) is 2.89. The molecule has 2 rings (SSSR count). The van der Waals surface area contributed by atoms with E-state index in [1.54, 1.807) is 31.3 Å². The quantitative estimate of drug-likeness (QED) is 0.565. The Morgan fingerprint density at radius 1 is 1.45 bits per heavy atom. The maximum atomic E-state index is 11.6. The van der Waals surface area contributed by atoms with Gasteiger partial charge in [0.05, 0.1) is 5.75 Å². The van der Waals surface area contributed by atoms with Gasteiger partial charge in [-0.15, -0.1) is 0 Å². The van der Waals surface area contributed by atoms with Crippen molar-refractivity contribution in [3.63, 3.8) is 0 Å². The van der Waals surface area contributed by atoms with Crippen LogP contribution in [-0.2, 0) is 4.79 Å². The van der Waals surface area contributed by atoms with Crippen LogP contribution in [0.5, 0.6) is 0 Å². The second-order valence-electron chi connectivity index (χ2n) is 3.97. The van der Waals surface area contributed by atoms with Crippen LogP contribution in [0.2, 0.25) is 0 Å². The molecule has 7 nitrogen and oxygen atoms in total. The van der Waals surface area contributed by atoms with Crippen molar-refractivity contribution in [2.24, 2.45) is 0 Å². The number of nitrogen functional groups attached to an aromatic ring is 1. The largest absolute Gasteiger partial charge is 0.384 e. The lowest BCUT2D eigenvalue weighted by molar-refractivity contribution is -0.117. The first-order valence-corrected chi connectivity index (χ1v) is 6.74. The van der Waals surface area contributed by atoms with Crippen molar-refractivity contribution >= 4 is 29.4 Å². The molecule has 2 amide bonds. The molecule has 0 aromatic carbocycles. The van der Waals surface area contributed by atoms with E-state index in [0.29, 0.717) is 16.7 Å². The zero-order chi connectivity index (χ0) is 14.5. The Kier molecular flexibility index (Phi) is 4.36. The van der Waals surface area contributed by atoms with Gasteiger partial charge in [-0.1, -0.05) is 11.8 Å². The van der Waals surface area contributed by atoms with E-state index < -0.39 is 11.8 Å². The molecule has 20 heavy (non-hydrogen) atoms. The van der Waals surface area contributed by atoms with Crippen LogP contribution < -0.4 is 11.1 Å². The SMILES string of the molecule is Cc1cc(N)nc(SCC(=O)NC(=O)c2ccc[nH]2)n1. The Bertz CT molecular complexity index is 607. The molecule has 0 unspecified atom stereocenters. The molecule has 104 valence electrons. The fourth-order valence-corrected chi connectivity index (χ4v) is 2.17. The van der Waals surface area contributed by atoms with E-state index in [1.807, 2.05) is 0 Å². The summed E-state index contributed by atoms with van der Waals surface area (Å²) >= 11 is 1.12. The van der Waals surface area contributed by atoms with Crippen molar-refractivity contribution in [1.29, 1.82) is 0 Å². The van der Waals surface area contributed by atoms with Gasteiger partial charge in [-0.25, -0.2) is 9.97 Å². The van der Waals surface area contributed by atoms with E-state index in [4.69, 9.17) is 5.73 Å². The van der Waals surface area contributed by atoms with Gasteiger partial charge in [0.2, 0.25) is 5.91 Å². The number of nitrogens with zero attached hydrogens (tertiary/aromatic N) is 2. The van der Waals surface area contributed by atoms with Crippen LogP contribution in [0.4, 0.5) is 5.82 Å². The van der Waals surface area contributed by atoms with Crippen LogP contribution in [-0.4, -0.2) is 32.5 Å². The molecule has 0 atom stereocenters. The van der Waals surface area contributed by atoms with Crippen molar-refractivity contribution < 1.29 is 9.59 Å². The first-order valence-electron chi connectivity index (χ1n) is 5.76. The smallest absolute Gasteiger partial charge is 0.274 e. The van der Waals surface area contributed by atoms with E-state index in [1.165, 1.54) is 0 Å². The Hall–Kier alpha value is -2.35. The predicted molar refractivity (Wildman–Crippen MR) is 75.2 cm³/mol. The molecule has 0 fully saturated rings. The molecule has 2 heterocycles. The minimum atomic E-state index is -0.467. The van der Waals surface area contributed by atoms with Gasteiger partial charge in [0.1, 0.15) is 11.5 Å². The molecule has 2 aromatic heterocycles. The zero-order valence-electron chi connectivity index (χ0n) is 10.7. The molecule has 0 spiro atoms. The van der Waals surface area contributed by atoms with Gasteiger partial charge in [-0.2, -0.15) is 0 Å². The summed E-state index contributed by atoms with van der Waals surface area (Å²) in [5, 5.41) is 2.67. The first-order chi connectivity index (χ1) is 9.54. The number of amides is 2. The molecule has 0 radical (unpaired) electrons. The van der Waals surface area contributed by atoms with Gasteiger partial charge < -0.3 is 10.7 Å². The molecule has 0 aliphatic carbocycles. The summed E-state index contributed by atoms with van der Waals surface area (Å²) < 4.78 is 0. The number of anilines is 1. The molecular weight excluding hydrogens is 278 g/mol. The van der Waals surface area contributed by atoms with E-state index in [0.717, 1.165) is 17.5 Å². The maximum Gasteiger partial charge on any atom is 0.274 e. The number of aryl methyl sites for hydroxylation is 1. The number of imide groups is 1. The van der Waals surface area contributed by atoms with Crippen molar-refractivity contribution in [2.75, 3.05) is 11.5 Å². The van der Waals surface area contributed by atoms with Crippen LogP contribution in [0.1, 0.15) is 16.2 Å². The van der Waals surface area contributed by atoms with E-state index in [9.17, 15) is 9.59 Å². The van der Waals surface area contributed by atoms with Gasteiger partial charge in [0.25, 0.3) is 5.91 Å². The second kappa shape index (κ2) is 6.20. The van der Waals surface area contributed by atoms with Crippen molar-refractivity contribution in [1.82, 2.24) is 20.3 Å². The van der Waals surface area contributed by atoms with Gasteiger partial charge in [-0.05, 0) is 19.1 Å². The number of hydrogen-bond donors (Lipinski definition) is 3. The Labute approximate surface area is 119 Å². The topological polar surface area (TPSA) is 114 Å². The van der Waals surface area contributed by atoms with Crippen LogP contribution in [0.15, 0.2) is 29.6 Å². The van der Waals surface area contributed by atoms with E-state index in [2.05, 4.69) is 20.3 Å². The molecule has 0 saturated heterocycles. The third-order valence-electron chi connectivity index (χ3n) is 2.28. The Balaban J connectivity index is 1.87. The summed E-state index contributed by atoms with van der Waals surface area (Å²) in [5.74, 6) is -0.499. The van der Waals surface area contributed by atoms with Crippen molar-refractivity contribution in [3.05, 3.63) is 35.8 Å². The summed E-state index contributed by atoms with van der Waals surface area (Å²) in [5.41, 5.74) is 6.65. The number of nitrogens with one attached hydrogen (secondary N) is 2. The molecular formula is C12H13N5O2S. The Morgan fingerprint density at radius 3 is 2.90 bits per heavy atom. The highest BCUT2D eigenvalue weighted by molar-refractivity contribution is 7.99. The van der Waals surface area contributed by atoms with Gasteiger partial charge in [-0.3, -0.25) is 14.9 Å². The predicted octanol–water partition coefficient (Wildman–Crippen LogP) is 0.744. The third kappa shape index (κ3) is 3.82. The third-order valence-corrected chi connectivity index (χ3v) is 3.13. The number of nitrogens with two attached hydrogens (primary N) is 1. The minimum Gasteiger partial charge on any atom is -0.384 e. The lowest BCUT2D eigenvalue weighted by atomic mass is 10.4. The normalized spacial score (nSPS) is 10.2. The number of aromatic amines is 1. The maximum absolute atomic E-state index is 11.6. The number of hydrogen-bond acceptors (Lipinski definition) is 6. The number of rotatable bonds is 4. The highest BCUT2D eigenvalue weighted by Gasteiger charge is 2.12. The van der Waals surface area contributed by atoms with Crippen LogP contribution in [0.25, 0.3) is 0 Å². The van der Waals surface area contributed by atoms with Gasteiger partial charge >= 0.3 is 0 Å². The van der Waals surface area contributed by atoms with Crippen LogP contribution in [0.3, 0.4) is 0 Å². The summed E-state index contributed by atoms with van der Waals surface area (Å²) in [6.07, 6.45) is 1.61. The molecule has 0 bridgehead atoms. The molecule has 2 aromatic rings. The lowest BCUT2D eigenvalue weighted by Crippen LogP contribution is -2.32. The number of thioether (sulfide) groups is 1. The number of carbonyl (C=O) groups excluding carboxylic acids is 2. The first kappa shape index (κ1) is 14.1. The lowest BCUT2D eigenvalue weighted by Gasteiger charge is -2.03. The van der Waals surface area contributed by atoms with Crippen LogP contribution in [0, 0.1) is 6.92 Å². The average molecular weight is 291 g/mol. The highest BCUT2D eigenvalue weighted by Crippen LogP contribution is 2.14. The van der Waals surface area contributed by atoms with E-state index >= 15 is 0 Å². The Morgan fingerprint density at radius 2 is 2.25 bits per heavy atom.